The van der Waals surface area contributed by atoms with Gasteiger partial charge in [-0.05, 0) is 62.1 Å². The Labute approximate surface area is 165 Å². The summed E-state index contributed by atoms with van der Waals surface area (Å²) in [7, 11) is 0. The number of ether oxygens (including phenoxy) is 1. The average Bonchev–Trinajstić information content (AvgIpc) is 2.68. The molecule has 0 N–H and O–H groups in total. The highest BCUT2D eigenvalue weighted by atomic mass is 35.5. The van der Waals surface area contributed by atoms with Crippen molar-refractivity contribution < 1.29 is 14.3 Å². The summed E-state index contributed by atoms with van der Waals surface area (Å²) in [6.45, 7) is 5.47. The fraction of sp³-hybridized carbons (Fsp3) is 0.364. The van der Waals surface area contributed by atoms with Crippen LogP contribution < -0.4 is 0 Å². The fourth-order valence-electron chi connectivity index (χ4n) is 3.32. The Kier molecular flexibility index (Phi) is 6.17. The van der Waals surface area contributed by atoms with Crippen LogP contribution in [0.3, 0.4) is 0 Å². The van der Waals surface area contributed by atoms with E-state index in [0.29, 0.717) is 43.1 Å². The molecule has 3 rings (SSSR count). The van der Waals surface area contributed by atoms with Gasteiger partial charge in [-0.1, -0.05) is 35.4 Å². The van der Waals surface area contributed by atoms with Gasteiger partial charge < -0.3 is 9.64 Å². The summed E-state index contributed by atoms with van der Waals surface area (Å²) in [4.78, 5) is 26.7. The van der Waals surface area contributed by atoms with Crippen molar-refractivity contribution in [2.24, 2.45) is 5.92 Å². The van der Waals surface area contributed by atoms with Gasteiger partial charge in [0.2, 0.25) is 0 Å². The minimum absolute atomic E-state index is 0.0196. The lowest BCUT2D eigenvalue weighted by Gasteiger charge is -2.31. The number of nitrogens with zero attached hydrogens (tertiary/aromatic N) is 1. The molecular formula is C22H24ClNO3. The minimum Gasteiger partial charge on any atom is -0.461 e. The molecule has 0 bridgehead atoms. The van der Waals surface area contributed by atoms with Crippen LogP contribution in [-0.2, 0) is 16.1 Å². The first-order valence-corrected chi connectivity index (χ1v) is 9.59. The average molecular weight is 386 g/mol. The number of benzene rings is 2. The van der Waals surface area contributed by atoms with E-state index in [-0.39, 0.29) is 17.8 Å². The predicted octanol–water partition coefficient (Wildman–Crippen LogP) is 4.55. The van der Waals surface area contributed by atoms with Gasteiger partial charge in [-0.15, -0.1) is 0 Å². The molecule has 1 heterocycles. The molecule has 0 spiro atoms. The van der Waals surface area contributed by atoms with Crippen LogP contribution in [-0.4, -0.2) is 29.9 Å². The maximum absolute atomic E-state index is 12.5. The van der Waals surface area contributed by atoms with Crippen molar-refractivity contribution in [2.45, 2.75) is 33.3 Å². The maximum Gasteiger partial charge on any atom is 0.309 e. The van der Waals surface area contributed by atoms with Gasteiger partial charge in [0.1, 0.15) is 6.61 Å². The molecular weight excluding hydrogens is 362 g/mol. The van der Waals surface area contributed by atoms with Crippen molar-refractivity contribution >= 4 is 23.5 Å². The van der Waals surface area contributed by atoms with Crippen LogP contribution in [0.15, 0.2) is 42.5 Å². The first-order valence-electron chi connectivity index (χ1n) is 9.21. The first-order chi connectivity index (χ1) is 12.9. The molecule has 0 radical (unpaired) electrons. The number of amides is 1. The number of rotatable bonds is 4. The van der Waals surface area contributed by atoms with E-state index in [1.165, 1.54) is 0 Å². The molecule has 1 amide bonds. The van der Waals surface area contributed by atoms with Gasteiger partial charge in [0.05, 0.1) is 5.92 Å². The van der Waals surface area contributed by atoms with Crippen LogP contribution in [0.4, 0.5) is 0 Å². The molecule has 1 aliphatic heterocycles. The zero-order valence-corrected chi connectivity index (χ0v) is 16.5. The summed E-state index contributed by atoms with van der Waals surface area (Å²) in [6, 6.07) is 13.0. The predicted molar refractivity (Wildman–Crippen MR) is 106 cm³/mol. The Morgan fingerprint density at radius 2 is 1.74 bits per heavy atom. The molecule has 1 aliphatic rings. The summed E-state index contributed by atoms with van der Waals surface area (Å²) in [5.41, 5.74) is 3.94. The van der Waals surface area contributed by atoms with Gasteiger partial charge in [-0.25, -0.2) is 0 Å². The van der Waals surface area contributed by atoms with E-state index in [1.54, 1.807) is 29.2 Å². The maximum atomic E-state index is 12.5. The Morgan fingerprint density at radius 3 is 2.41 bits per heavy atom. The number of halogens is 1. The topological polar surface area (TPSA) is 46.6 Å². The van der Waals surface area contributed by atoms with E-state index in [0.717, 1.165) is 16.7 Å². The van der Waals surface area contributed by atoms with Crippen LogP contribution in [0.1, 0.15) is 39.9 Å². The molecule has 142 valence electrons. The quantitative estimate of drug-likeness (QED) is 0.725. The third-order valence-corrected chi connectivity index (χ3v) is 5.33. The van der Waals surface area contributed by atoms with Crippen LogP contribution in [0.5, 0.6) is 0 Å². The van der Waals surface area contributed by atoms with Crippen molar-refractivity contribution in [2.75, 3.05) is 13.1 Å². The normalized spacial score (nSPS) is 14.9. The van der Waals surface area contributed by atoms with E-state index >= 15 is 0 Å². The van der Waals surface area contributed by atoms with Gasteiger partial charge >= 0.3 is 5.97 Å². The second-order valence-corrected chi connectivity index (χ2v) is 7.55. The van der Waals surface area contributed by atoms with Gasteiger partial charge in [-0.3, -0.25) is 9.59 Å². The SMILES string of the molecule is Cc1ccc(C)c(COC(=O)C2CCN(C(=O)c3ccc(Cl)cc3)CC2)c1. The van der Waals surface area contributed by atoms with E-state index in [4.69, 9.17) is 16.3 Å². The molecule has 0 saturated carbocycles. The molecule has 0 atom stereocenters. The zero-order valence-electron chi connectivity index (χ0n) is 15.7. The number of hydrogen-bond acceptors (Lipinski definition) is 3. The van der Waals surface area contributed by atoms with Gasteiger partial charge in [-0.2, -0.15) is 0 Å². The molecule has 27 heavy (non-hydrogen) atoms. The van der Waals surface area contributed by atoms with E-state index in [9.17, 15) is 9.59 Å². The Bertz CT molecular complexity index is 824. The number of carbonyl (C=O) groups is 2. The number of aryl methyl sites for hydroxylation is 2. The van der Waals surface area contributed by atoms with Crippen LogP contribution >= 0.6 is 11.6 Å². The summed E-state index contributed by atoms with van der Waals surface area (Å²) >= 11 is 5.87. The standard InChI is InChI=1S/C22H24ClNO3/c1-15-3-4-16(2)19(13-15)14-27-22(26)18-9-11-24(12-10-18)21(25)17-5-7-20(23)8-6-17/h3-8,13,18H,9-12,14H2,1-2H3. The minimum atomic E-state index is -0.172. The molecule has 4 nitrogen and oxygen atoms in total. The van der Waals surface area contributed by atoms with Crippen molar-refractivity contribution in [3.8, 4) is 0 Å². The van der Waals surface area contributed by atoms with Crippen molar-refractivity contribution in [1.82, 2.24) is 4.90 Å². The first kappa shape index (κ1) is 19.4. The fourth-order valence-corrected chi connectivity index (χ4v) is 3.44. The third-order valence-electron chi connectivity index (χ3n) is 5.08. The monoisotopic (exact) mass is 385 g/mol. The molecule has 1 saturated heterocycles. The largest absolute Gasteiger partial charge is 0.461 e. The van der Waals surface area contributed by atoms with E-state index in [1.807, 2.05) is 26.0 Å². The van der Waals surface area contributed by atoms with Crippen LogP contribution in [0.25, 0.3) is 0 Å². The number of esters is 1. The molecule has 2 aromatic carbocycles. The molecule has 0 unspecified atom stereocenters. The highest BCUT2D eigenvalue weighted by Crippen LogP contribution is 2.22. The molecule has 2 aromatic rings. The highest BCUT2D eigenvalue weighted by molar-refractivity contribution is 6.30. The van der Waals surface area contributed by atoms with Gasteiger partial charge in [0.15, 0.2) is 0 Å². The molecule has 0 aliphatic carbocycles. The van der Waals surface area contributed by atoms with Crippen LogP contribution in [0.2, 0.25) is 5.02 Å². The van der Waals surface area contributed by atoms with Gasteiger partial charge in [0.25, 0.3) is 5.91 Å². The smallest absolute Gasteiger partial charge is 0.309 e. The summed E-state index contributed by atoms with van der Waals surface area (Å²) in [5, 5.41) is 0.608. The molecule has 1 fully saturated rings. The Hall–Kier alpha value is -2.33. The lowest BCUT2D eigenvalue weighted by molar-refractivity contribution is -0.151. The highest BCUT2D eigenvalue weighted by Gasteiger charge is 2.28. The third kappa shape index (κ3) is 4.89. The zero-order chi connectivity index (χ0) is 19.4. The molecule has 5 heteroatoms. The number of likely N-dealkylation sites (tertiary alicyclic amines) is 1. The Balaban J connectivity index is 1.51. The summed E-state index contributed by atoms with van der Waals surface area (Å²) < 4.78 is 5.54. The number of carbonyl (C=O) groups excluding carboxylic acids is 2. The van der Waals surface area contributed by atoms with Crippen molar-refractivity contribution in [1.29, 1.82) is 0 Å². The lowest BCUT2D eigenvalue weighted by atomic mass is 9.96. The second-order valence-electron chi connectivity index (χ2n) is 7.11. The Morgan fingerprint density at radius 1 is 1.07 bits per heavy atom. The summed E-state index contributed by atoms with van der Waals surface area (Å²) in [5.74, 6) is -0.340. The van der Waals surface area contributed by atoms with Crippen molar-refractivity contribution in [3.63, 3.8) is 0 Å². The number of piperidine rings is 1. The van der Waals surface area contributed by atoms with E-state index in [2.05, 4.69) is 6.07 Å². The van der Waals surface area contributed by atoms with Crippen molar-refractivity contribution in [3.05, 3.63) is 69.7 Å². The number of hydrogen-bond donors (Lipinski definition) is 0. The lowest BCUT2D eigenvalue weighted by Crippen LogP contribution is -2.40. The molecule has 0 aromatic heterocycles. The second kappa shape index (κ2) is 8.57. The summed E-state index contributed by atoms with van der Waals surface area (Å²) in [6.07, 6.45) is 1.26. The van der Waals surface area contributed by atoms with Gasteiger partial charge in [0, 0.05) is 23.7 Å². The van der Waals surface area contributed by atoms with Crippen LogP contribution in [0, 0.1) is 19.8 Å². The van der Waals surface area contributed by atoms with E-state index < -0.39 is 0 Å².